The van der Waals surface area contributed by atoms with E-state index in [0.717, 1.165) is 25.0 Å². The van der Waals surface area contributed by atoms with E-state index in [-0.39, 0.29) is 29.7 Å². The zero-order chi connectivity index (χ0) is 18.8. The molecule has 1 fully saturated rings. The number of aliphatic imine (C=N–C) groups is 1. The second kappa shape index (κ2) is 12.4. The fraction of sp³-hybridized carbons (Fsp3) is 0.611. The molecule has 0 unspecified atom stereocenters. The van der Waals surface area contributed by atoms with E-state index in [2.05, 4.69) is 20.3 Å². The van der Waals surface area contributed by atoms with Crippen molar-refractivity contribution in [3.8, 4) is 5.75 Å². The lowest BCUT2D eigenvalue weighted by atomic mass is 9.86. The van der Waals surface area contributed by atoms with E-state index < -0.39 is 10.0 Å². The summed E-state index contributed by atoms with van der Waals surface area (Å²) in [4.78, 5) is 4.12. The highest BCUT2D eigenvalue weighted by Gasteiger charge is 2.19. The van der Waals surface area contributed by atoms with Crippen molar-refractivity contribution >= 4 is 40.0 Å². The van der Waals surface area contributed by atoms with Crippen LogP contribution in [0.5, 0.6) is 5.75 Å². The third-order valence-corrected chi connectivity index (χ3v) is 5.92. The van der Waals surface area contributed by atoms with Crippen molar-refractivity contribution < 1.29 is 13.2 Å². The van der Waals surface area contributed by atoms with Crippen molar-refractivity contribution in [3.63, 3.8) is 0 Å². The Kier molecular flexibility index (Phi) is 11.0. The summed E-state index contributed by atoms with van der Waals surface area (Å²) in [6.07, 6.45) is 4.31. The van der Waals surface area contributed by atoms with Gasteiger partial charge in [-0.25, -0.2) is 13.1 Å². The maximum absolute atomic E-state index is 12.0. The van der Waals surface area contributed by atoms with Gasteiger partial charge in [-0.1, -0.05) is 18.6 Å². The summed E-state index contributed by atoms with van der Waals surface area (Å²) in [5, 5.41) is 6.24. The lowest BCUT2D eigenvalue weighted by Crippen LogP contribution is -2.42. The Bertz CT molecular complexity index is 676. The summed E-state index contributed by atoms with van der Waals surface area (Å²) in [6.45, 7) is 1.60. The molecule has 1 aromatic carbocycles. The highest BCUT2D eigenvalue weighted by atomic mass is 127. The standard InChI is InChI=1S/C18H30N4O3S.HI/c1-19-18(20-11-10-15-6-8-17(25-2)9-7-15)21-12-13-26(23,24)22-14-16-4-3-5-16;/h6-9,16,22H,3-5,10-14H2,1-2H3,(H2,19,20,21);1H. The van der Waals surface area contributed by atoms with Crippen LogP contribution in [0, 0.1) is 5.92 Å². The van der Waals surface area contributed by atoms with Gasteiger partial charge < -0.3 is 15.4 Å². The molecule has 0 atom stereocenters. The van der Waals surface area contributed by atoms with Crippen molar-refractivity contribution in [3.05, 3.63) is 29.8 Å². The molecule has 154 valence electrons. The van der Waals surface area contributed by atoms with Gasteiger partial charge in [-0.05, 0) is 42.9 Å². The number of benzene rings is 1. The second-order valence-corrected chi connectivity index (χ2v) is 8.41. The first kappa shape index (κ1) is 24.0. The molecule has 0 aliphatic heterocycles. The highest BCUT2D eigenvalue weighted by Crippen LogP contribution is 2.25. The van der Waals surface area contributed by atoms with Crippen LogP contribution >= 0.6 is 24.0 Å². The molecule has 0 saturated heterocycles. The molecule has 9 heteroatoms. The third kappa shape index (κ3) is 9.11. The monoisotopic (exact) mass is 510 g/mol. The molecule has 0 heterocycles. The smallest absolute Gasteiger partial charge is 0.213 e. The third-order valence-electron chi connectivity index (χ3n) is 4.57. The average molecular weight is 510 g/mol. The fourth-order valence-electron chi connectivity index (χ4n) is 2.66. The Balaban J connectivity index is 0.00000364. The molecule has 1 aromatic rings. The first-order valence-corrected chi connectivity index (χ1v) is 10.7. The van der Waals surface area contributed by atoms with E-state index in [1.807, 2.05) is 24.3 Å². The van der Waals surface area contributed by atoms with Gasteiger partial charge in [0.05, 0.1) is 12.9 Å². The SMILES string of the molecule is CN=C(NCCc1ccc(OC)cc1)NCCS(=O)(=O)NCC1CCC1.I. The van der Waals surface area contributed by atoms with Gasteiger partial charge in [0.15, 0.2) is 5.96 Å². The Morgan fingerprint density at radius 3 is 2.41 bits per heavy atom. The van der Waals surface area contributed by atoms with Gasteiger partial charge in [0.2, 0.25) is 10.0 Å². The van der Waals surface area contributed by atoms with Crippen LogP contribution in [0.2, 0.25) is 0 Å². The van der Waals surface area contributed by atoms with Crippen LogP contribution in [-0.2, 0) is 16.4 Å². The molecule has 0 spiro atoms. The number of hydrogen-bond donors (Lipinski definition) is 3. The quantitative estimate of drug-likeness (QED) is 0.254. The molecular formula is C18H31IN4O3S. The van der Waals surface area contributed by atoms with E-state index in [1.54, 1.807) is 14.2 Å². The Morgan fingerprint density at radius 2 is 1.85 bits per heavy atom. The van der Waals surface area contributed by atoms with Crippen LogP contribution in [0.4, 0.5) is 0 Å². The topological polar surface area (TPSA) is 91.8 Å². The molecule has 0 aromatic heterocycles. The van der Waals surface area contributed by atoms with E-state index in [1.165, 1.54) is 12.0 Å². The minimum Gasteiger partial charge on any atom is -0.497 e. The highest BCUT2D eigenvalue weighted by molar-refractivity contribution is 14.0. The van der Waals surface area contributed by atoms with Gasteiger partial charge >= 0.3 is 0 Å². The molecule has 3 N–H and O–H groups in total. The molecule has 0 radical (unpaired) electrons. The first-order valence-electron chi connectivity index (χ1n) is 9.07. The van der Waals surface area contributed by atoms with Crippen molar-refractivity contribution in [2.75, 3.05) is 39.5 Å². The number of nitrogens with zero attached hydrogens (tertiary/aromatic N) is 1. The van der Waals surface area contributed by atoms with E-state index in [4.69, 9.17) is 4.74 Å². The van der Waals surface area contributed by atoms with Gasteiger partial charge in [0, 0.05) is 26.7 Å². The molecular weight excluding hydrogens is 479 g/mol. The number of sulfonamides is 1. The predicted molar refractivity (Wildman–Crippen MR) is 121 cm³/mol. The predicted octanol–water partition coefficient (Wildman–Crippen LogP) is 1.74. The van der Waals surface area contributed by atoms with Gasteiger partial charge in [-0.15, -0.1) is 24.0 Å². The van der Waals surface area contributed by atoms with Crippen LogP contribution in [-0.4, -0.2) is 53.9 Å². The van der Waals surface area contributed by atoms with Crippen molar-refractivity contribution in [1.29, 1.82) is 0 Å². The van der Waals surface area contributed by atoms with Gasteiger partial charge in [-0.3, -0.25) is 4.99 Å². The summed E-state index contributed by atoms with van der Waals surface area (Å²) in [5.74, 6) is 2.00. The number of hydrogen-bond acceptors (Lipinski definition) is 4. The molecule has 2 rings (SSSR count). The fourth-order valence-corrected chi connectivity index (χ4v) is 3.66. The summed E-state index contributed by atoms with van der Waals surface area (Å²) in [5.41, 5.74) is 1.19. The maximum Gasteiger partial charge on any atom is 0.213 e. The Labute approximate surface area is 179 Å². The number of nitrogens with one attached hydrogen (secondary N) is 3. The Hall–Kier alpha value is -1.07. The van der Waals surface area contributed by atoms with E-state index in [0.29, 0.717) is 31.5 Å². The lowest BCUT2D eigenvalue weighted by Gasteiger charge is -2.25. The van der Waals surface area contributed by atoms with Crippen molar-refractivity contribution in [2.45, 2.75) is 25.7 Å². The van der Waals surface area contributed by atoms with Crippen LogP contribution < -0.4 is 20.1 Å². The van der Waals surface area contributed by atoms with Crippen LogP contribution in [0.25, 0.3) is 0 Å². The molecule has 1 saturated carbocycles. The molecule has 1 aliphatic rings. The molecule has 7 nitrogen and oxygen atoms in total. The van der Waals surface area contributed by atoms with E-state index >= 15 is 0 Å². The normalized spacial score (nSPS) is 14.8. The first-order chi connectivity index (χ1) is 12.5. The molecule has 27 heavy (non-hydrogen) atoms. The van der Waals surface area contributed by atoms with Crippen LogP contribution in [0.1, 0.15) is 24.8 Å². The summed E-state index contributed by atoms with van der Waals surface area (Å²) in [7, 11) is 0.0868. The van der Waals surface area contributed by atoms with Crippen molar-refractivity contribution in [1.82, 2.24) is 15.4 Å². The van der Waals surface area contributed by atoms with E-state index in [9.17, 15) is 8.42 Å². The largest absolute Gasteiger partial charge is 0.497 e. The number of ether oxygens (including phenoxy) is 1. The molecule has 1 aliphatic carbocycles. The molecule has 0 amide bonds. The summed E-state index contributed by atoms with van der Waals surface area (Å²) >= 11 is 0. The second-order valence-electron chi connectivity index (χ2n) is 6.49. The van der Waals surface area contributed by atoms with Gasteiger partial charge in [0.1, 0.15) is 5.75 Å². The number of rotatable bonds is 10. The average Bonchev–Trinajstić information content (AvgIpc) is 2.59. The lowest BCUT2D eigenvalue weighted by molar-refractivity contribution is 0.316. The minimum atomic E-state index is -3.23. The zero-order valence-corrected chi connectivity index (χ0v) is 19.2. The number of methoxy groups -OCH3 is 1. The van der Waals surface area contributed by atoms with Crippen molar-refractivity contribution in [2.24, 2.45) is 10.9 Å². The van der Waals surface area contributed by atoms with Crippen LogP contribution in [0.3, 0.4) is 0 Å². The zero-order valence-electron chi connectivity index (χ0n) is 16.0. The summed E-state index contributed by atoms with van der Waals surface area (Å²) in [6, 6.07) is 7.92. The molecule has 0 bridgehead atoms. The minimum absolute atomic E-state index is 0. The van der Waals surface area contributed by atoms with Gasteiger partial charge in [0.25, 0.3) is 0 Å². The summed E-state index contributed by atoms with van der Waals surface area (Å²) < 4.78 is 31.8. The maximum atomic E-state index is 12.0. The van der Waals surface area contributed by atoms with Gasteiger partial charge in [-0.2, -0.15) is 0 Å². The Morgan fingerprint density at radius 1 is 1.19 bits per heavy atom. The number of guanidine groups is 1. The number of halogens is 1. The van der Waals surface area contributed by atoms with Crippen LogP contribution in [0.15, 0.2) is 29.3 Å².